The zero-order chi connectivity index (χ0) is 9.14. The molecule has 0 aliphatic carbocycles. The fraction of sp³-hybridized carbons (Fsp3) is 0.143. The van der Waals surface area contributed by atoms with Gasteiger partial charge in [0.05, 0.1) is 5.56 Å². The molecule has 0 fully saturated rings. The molecule has 0 radical (unpaired) electrons. The summed E-state index contributed by atoms with van der Waals surface area (Å²) in [5.41, 5.74) is -0.498. The lowest BCUT2D eigenvalue weighted by Gasteiger charge is -1.97. The van der Waals surface area contributed by atoms with Gasteiger partial charge in [-0.3, -0.25) is 10.1 Å². The Morgan fingerprint density at radius 2 is 1.83 bits per heavy atom. The number of hydrogen-bond donors (Lipinski definition) is 0. The Hall–Kier alpha value is -1.52. The van der Waals surface area contributed by atoms with E-state index in [2.05, 4.69) is 0 Å². The molecule has 0 atom stereocenters. The van der Waals surface area contributed by atoms with Gasteiger partial charge >= 0.3 is 0 Å². The number of nitrogens with zero attached hydrogens (tertiary/aromatic N) is 1. The summed E-state index contributed by atoms with van der Waals surface area (Å²) in [6, 6.07) is 3.14. The predicted molar refractivity (Wildman–Crippen MR) is 37.1 cm³/mol. The molecule has 0 spiro atoms. The van der Waals surface area contributed by atoms with Crippen LogP contribution >= 0.6 is 0 Å². The molecule has 0 aromatic heterocycles. The fourth-order valence-corrected chi connectivity index (χ4v) is 0.812. The second-order valence-corrected chi connectivity index (χ2v) is 2.19. The van der Waals surface area contributed by atoms with Crippen molar-refractivity contribution in [2.45, 2.75) is 6.54 Å². The summed E-state index contributed by atoms with van der Waals surface area (Å²) in [7, 11) is 0. The summed E-state index contributed by atoms with van der Waals surface area (Å²) in [5.74, 6) is -1.77. The lowest BCUT2D eigenvalue weighted by atomic mass is 10.2. The lowest BCUT2D eigenvalue weighted by molar-refractivity contribution is -0.497. The Morgan fingerprint density at radius 1 is 1.33 bits per heavy atom. The molecular weight excluding hydrogens is 168 g/mol. The van der Waals surface area contributed by atoms with Gasteiger partial charge in [-0.2, -0.15) is 0 Å². The molecule has 0 saturated heterocycles. The van der Waals surface area contributed by atoms with E-state index in [1.54, 1.807) is 0 Å². The summed E-state index contributed by atoms with van der Waals surface area (Å²) < 4.78 is 25.3. The van der Waals surface area contributed by atoms with Gasteiger partial charge < -0.3 is 0 Å². The van der Waals surface area contributed by atoms with Gasteiger partial charge in [-0.1, -0.05) is 6.07 Å². The normalized spacial score (nSPS) is 9.83. The van der Waals surface area contributed by atoms with Crippen LogP contribution in [0.5, 0.6) is 0 Å². The lowest BCUT2D eigenvalue weighted by Crippen LogP contribution is -2.03. The van der Waals surface area contributed by atoms with Gasteiger partial charge in [0.15, 0.2) is 0 Å². The molecule has 0 aliphatic heterocycles. The van der Waals surface area contributed by atoms with Crippen LogP contribution in [0.15, 0.2) is 18.2 Å². The standard InChI is InChI=1S/C7H5F2NO2/c8-6-2-1-3-7(9)5(6)4-10(11)12/h1-3H,4H2. The molecule has 0 bridgehead atoms. The average Bonchev–Trinajstić information content (AvgIpc) is 1.97. The van der Waals surface area contributed by atoms with Crippen LogP contribution in [0.1, 0.15) is 5.56 Å². The zero-order valence-electron chi connectivity index (χ0n) is 5.96. The van der Waals surface area contributed by atoms with Gasteiger partial charge in [-0.25, -0.2) is 8.78 Å². The third kappa shape index (κ3) is 1.75. The van der Waals surface area contributed by atoms with Crippen LogP contribution in [0, 0.1) is 21.7 Å². The van der Waals surface area contributed by atoms with E-state index in [-0.39, 0.29) is 0 Å². The second-order valence-electron chi connectivity index (χ2n) is 2.19. The van der Waals surface area contributed by atoms with Crippen molar-refractivity contribution in [1.29, 1.82) is 0 Å². The maximum Gasteiger partial charge on any atom is 0.234 e. The Morgan fingerprint density at radius 3 is 2.25 bits per heavy atom. The molecule has 1 rings (SSSR count). The van der Waals surface area contributed by atoms with Gasteiger partial charge in [-0.15, -0.1) is 0 Å². The number of benzene rings is 1. The third-order valence-electron chi connectivity index (χ3n) is 1.35. The summed E-state index contributed by atoms with van der Waals surface area (Å²) in [5, 5.41) is 9.95. The Bertz CT molecular complexity index is 294. The molecule has 0 heterocycles. The van der Waals surface area contributed by atoms with E-state index in [0.29, 0.717) is 0 Å². The van der Waals surface area contributed by atoms with Crippen LogP contribution < -0.4 is 0 Å². The van der Waals surface area contributed by atoms with Gasteiger partial charge in [0.2, 0.25) is 6.54 Å². The Kier molecular flexibility index (Phi) is 2.32. The number of rotatable bonds is 2. The van der Waals surface area contributed by atoms with Gasteiger partial charge in [0, 0.05) is 4.92 Å². The summed E-state index contributed by atoms with van der Waals surface area (Å²) in [6.45, 7) is -0.821. The largest absolute Gasteiger partial charge is 0.264 e. The van der Waals surface area contributed by atoms with Crippen LogP contribution in [0.25, 0.3) is 0 Å². The molecule has 1 aromatic rings. The van der Waals surface area contributed by atoms with Crippen molar-refractivity contribution in [3.63, 3.8) is 0 Å². The van der Waals surface area contributed by atoms with Gasteiger partial charge in [-0.05, 0) is 12.1 Å². The summed E-state index contributed by atoms with van der Waals surface area (Å²) in [4.78, 5) is 9.17. The highest BCUT2D eigenvalue weighted by Gasteiger charge is 2.12. The fourth-order valence-electron chi connectivity index (χ4n) is 0.812. The maximum absolute atomic E-state index is 12.7. The minimum Gasteiger partial charge on any atom is -0.264 e. The van der Waals surface area contributed by atoms with Crippen LogP contribution in [0.2, 0.25) is 0 Å². The SMILES string of the molecule is O=[N+]([O-])Cc1c(F)cccc1F. The number of halogens is 2. The molecule has 0 amide bonds. The quantitative estimate of drug-likeness (QED) is 0.505. The highest BCUT2D eigenvalue weighted by molar-refractivity contribution is 5.18. The van der Waals surface area contributed by atoms with E-state index in [9.17, 15) is 18.9 Å². The molecule has 0 unspecified atom stereocenters. The van der Waals surface area contributed by atoms with E-state index in [1.807, 2.05) is 0 Å². The van der Waals surface area contributed by atoms with E-state index in [4.69, 9.17) is 0 Å². The van der Waals surface area contributed by atoms with Crippen LogP contribution in [0.3, 0.4) is 0 Å². The Balaban J connectivity index is 3.04. The molecule has 0 aliphatic rings. The highest BCUT2D eigenvalue weighted by Crippen LogP contribution is 2.12. The molecule has 64 valence electrons. The molecule has 0 N–H and O–H groups in total. The monoisotopic (exact) mass is 173 g/mol. The van der Waals surface area contributed by atoms with Crippen molar-refractivity contribution in [3.8, 4) is 0 Å². The van der Waals surface area contributed by atoms with E-state index >= 15 is 0 Å². The maximum atomic E-state index is 12.7. The van der Waals surface area contributed by atoms with Crippen LogP contribution in [0.4, 0.5) is 8.78 Å². The summed E-state index contributed by atoms with van der Waals surface area (Å²) >= 11 is 0. The van der Waals surface area contributed by atoms with Crippen molar-refractivity contribution in [2.24, 2.45) is 0 Å². The van der Waals surface area contributed by atoms with Crippen molar-refractivity contribution >= 4 is 0 Å². The first-order chi connectivity index (χ1) is 5.61. The first-order valence-corrected chi connectivity index (χ1v) is 3.16. The van der Waals surface area contributed by atoms with E-state index in [1.165, 1.54) is 0 Å². The smallest absolute Gasteiger partial charge is 0.234 e. The van der Waals surface area contributed by atoms with Crippen LogP contribution in [-0.4, -0.2) is 4.92 Å². The Labute approximate surface area is 66.8 Å². The van der Waals surface area contributed by atoms with E-state index < -0.39 is 28.7 Å². The number of nitro groups is 1. The van der Waals surface area contributed by atoms with Crippen molar-refractivity contribution in [2.75, 3.05) is 0 Å². The molecule has 3 nitrogen and oxygen atoms in total. The molecule has 12 heavy (non-hydrogen) atoms. The van der Waals surface area contributed by atoms with Gasteiger partial charge in [0.1, 0.15) is 11.6 Å². The zero-order valence-corrected chi connectivity index (χ0v) is 5.96. The number of hydrogen-bond acceptors (Lipinski definition) is 2. The second kappa shape index (κ2) is 3.25. The molecule has 1 aromatic carbocycles. The predicted octanol–water partition coefficient (Wildman–Crippen LogP) is 1.74. The van der Waals surface area contributed by atoms with Crippen molar-refractivity contribution < 1.29 is 13.7 Å². The van der Waals surface area contributed by atoms with Crippen molar-refractivity contribution in [1.82, 2.24) is 0 Å². The first-order valence-electron chi connectivity index (χ1n) is 3.16. The third-order valence-corrected chi connectivity index (χ3v) is 1.35. The van der Waals surface area contributed by atoms with Crippen molar-refractivity contribution in [3.05, 3.63) is 45.5 Å². The molecule has 5 heteroatoms. The minimum atomic E-state index is -0.883. The summed E-state index contributed by atoms with van der Waals surface area (Å²) in [6.07, 6.45) is 0. The van der Waals surface area contributed by atoms with Gasteiger partial charge in [0.25, 0.3) is 0 Å². The first kappa shape index (κ1) is 8.58. The molecular formula is C7H5F2NO2. The van der Waals surface area contributed by atoms with Crippen LogP contribution in [-0.2, 0) is 6.54 Å². The minimum absolute atomic E-state index is 0.498. The molecule has 0 saturated carbocycles. The topological polar surface area (TPSA) is 43.1 Å². The average molecular weight is 173 g/mol. The highest BCUT2D eigenvalue weighted by atomic mass is 19.1. The van der Waals surface area contributed by atoms with E-state index in [0.717, 1.165) is 18.2 Å².